The fourth-order valence-corrected chi connectivity index (χ4v) is 4.38. The number of hydrogen-bond acceptors (Lipinski definition) is 3. The Balaban J connectivity index is 1.74. The van der Waals surface area contributed by atoms with Crippen molar-refractivity contribution in [3.8, 4) is 0 Å². The van der Waals surface area contributed by atoms with Crippen LogP contribution in [-0.4, -0.2) is 11.8 Å². The van der Waals surface area contributed by atoms with Crippen molar-refractivity contribution in [3.05, 3.63) is 117 Å². The molecule has 0 aliphatic carbocycles. The number of nitrogens with one attached hydrogen (secondary N) is 3. The first-order valence-electron chi connectivity index (χ1n) is 11.4. The van der Waals surface area contributed by atoms with Gasteiger partial charge in [-0.2, -0.15) is 0 Å². The largest absolute Gasteiger partial charge is 0.362 e. The third kappa shape index (κ3) is 5.47. The van der Waals surface area contributed by atoms with Crippen molar-refractivity contribution in [2.75, 3.05) is 10.6 Å². The van der Waals surface area contributed by atoms with Crippen LogP contribution in [0.1, 0.15) is 36.5 Å². The number of aryl methyl sites for hydroxylation is 2. The molecular formula is C29H28ClN3O2. The molecule has 1 heterocycles. The smallest absolute Gasteiger partial charge is 0.254 e. The van der Waals surface area contributed by atoms with Gasteiger partial charge in [0.2, 0.25) is 0 Å². The number of carbonyl (C=O) groups is 2. The molecule has 4 rings (SSSR count). The van der Waals surface area contributed by atoms with Crippen LogP contribution in [0, 0.1) is 13.8 Å². The maximum Gasteiger partial charge on any atom is 0.254 e. The minimum atomic E-state index is -0.579. The van der Waals surface area contributed by atoms with E-state index in [0.29, 0.717) is 38.9 Å². The number of allylic oxidation sites excluding steroid dienone is 2. The Bertz CT molecular complexity index is 1240. The van der Waals surface area contributed by atoms with Crippen LogP contribution in [0.15, 0.2) is 95.3 Å². The van der Waals surface area contributed by atoms with Gasteiger partial charge in [0.1, 0.15) is 0 Å². The molecule has 0 aromatic heterocycles. The molecule has 0 atom stereocenters. The number of benzene rings is 3. The molecule has 0 fully saturated rings. The van der Waals surface area contributed by atoms with Gasteiger partial charge in [-0.3, -0.25) is 9.59 Å². The van der Waals surface area contributed by atoms with Crippen LogP contribution < -0.4 is 16.0 Å². The first kappa shape index (κ1) is 24.3. The second kappa shape index (κ2) is 10.2. The van der Waals surface area contributed by atoms with Gasteiger partial charge in [-0.15, -0.1) is 0 Å². The van der Waals surface area contributed by atoms with E-state index in [9.17, 15) is 9.59 Å². The van der Waals surface area contributed by atoms with Gasteiger partial charge >= 0.3 is 0 Å². The van der Waals surface area contributed by atoms with Crippen LogP contribution in [0.4, 0.5) is 11.4 Å². The molecule has 0 radical (unpaired) electrons. The fraction of sp³-hybridized carbons (Fsp3) is 0.172. The Morgan fingerprint density at radius 3 is 1.46 bits per heavy atom. The summed E-state index contributed by atoms with van der Waals surface area (Å²) in [7, 11) is 0. The average molecular weight is 486 g/mol. The molecule has 0 spiro atoms. The van der Waals surface area contributed by atoms with Crippen molar-refractivity contribution in [1.82, 2.24) is 5.32 Å². The molecule has 0 saturated carbocycles. The summed E-state index contributed by atoms with van der Waals surface area (Å²) in [6, 6.07) is 22.5. The number of halogens is 1. The summed E-state index contributed by atoms with van der Waals surface area (Å²) >= 11 is 6.15. The van der Waals surface area contributed by atoms with Gasteiger partial charge in [-0.25, -0.2) is 0 Å². The third-order valence-corrected chi connectivity index (χ3v) is 6.32. The van der Waals surface area contributed by atoms with E-state index >= 15 is 0 Å². The zero-order chi connectivity index (χ0) is 25.1. The van der Waals surface area contributed by atoms with Crippen molar-refractivity contribution in [2.45, 2.75) is 33.6 Å². The van der Waals surface area contributed by atoms with Crippen molar-refractivity contribution in [2.24, 2.45) is 0 Å². The highest BCUT2D eigenvalue weighted by molar-refractivity contribution is 6.30. The zero-order valence-electron chi connectivity index (χ0n) is 20.2. The topological polar surface area (TPSA) is 70.2 Å². The highest BCUT2D eigenvalue weighted by Crippen LogP contribution is 2.39. The molecule has 0 bridgehead atoms. The van der Waals surface area contributed by atoms with Gasteiger partial charge < -0.3 is 16.0 Å². The summed E-state index contributed by atoms with van der Waals surface area (Å²) in [6.07, 6.45) is 0. The maximum atomic E-state index is 13.6. The Morgan fingerprint density at radius 1 is 0.657 bits per heavy atom. The Morgan fingerprint density at radius 2 is 1.06 bits per heavy atom. The number of amides is 2. The molecule has 3 N–H and O–H groups in total. The molecule has 35 heavy (non-hydrogen) atoms. The zero-order valence-corrected chi connectivity index (χ0v) is 21.0. The molecule has 6 heteroatoms. The maximum absolute atomic E-state index is 13.6. The second-order valence-electron chi connectivity index (χ2n) is 8.83. The van der Waals surface area contributed by atoms with Gasteiger partial charge in [-0.05, 0) is 69.7 Å². The van der Waals surface area contributed by atoms with Crippen LogP contribution in [0.2, 0.25) is 5.02 Å². The van der Waals surface area contributed by atoms with Crippen LogP contribution in [0.3, 0.4) is 0 Å². The molecule has 3 aromatic carbocycles. The molecule has 0 saturated heterocycles. The average Bonchev–Trinajstić information content (AvgIpc) is 2.82. The fourth-order valence-electron chi connectivity index (χ4n) is 4.26. The Kier molecular flexibility index (Phi) is 7.08. The summed E-state index contributed by atoms with van der Waals surface area (Å²) in [5.74, 6) is -1.12. The summed E-state index contributed by atoms with van der Waals surface area (Å²) < 4.78 is 0. The van der Waals surface area contributed by atoms with Crippen LogP contribution >= 0.6 is 11.6 Å². The van der Waals surface area contributed by atoms with E-state index in [1.807, 2.05) is 88.4 Å². The van der Waals surface area contributed by atoms with E-state index in [0.717, 1.165) is 16.7 Å². The minimum Gasteiger partial charge on any atom is -0.362 e. The summed E-state index contributed by atoms with van der Waals surface area (Å²) in [5.41, 5.74) is 6.73. The van der Waals surface area contributed by atoms with Crippen LogP contribution in [-0.2, 0) is 9.59 Å². The highest BCUT2D eigenvalue weighted by Gasteiger charge is 2.36. The predicted octanol–water partition coefficient (Wildman–Crippen LogP) is 6.47. The van der Waals surface area contributed by atoms with E-state index < -0.39 is 5.92 Å². The normalized spacial score (nSPS) is 14.0. The van der Waals surface area contributed by atoms with E-state index in [4.69, 9.17) is 11.6 Å². The van der Waals surface area contributed by atoms with Crippen molar-refractivity contribution < 1.29 is 9.59 Å². The number of hydrogen-bond donors (Lipinski definition) is 3. The van der Waals surface area contributed by atoms with E-state index in [-0.39, 0.29) is 11.8 Å². The molecule has 2 amide bonds. The molecule has 178 valence electrons. The van der Waals surface area contributed by atoms with Crippen molar-refractivity contribution >= 4 is 34.8 Å². The second-order valence-corrected chi connectivity index (χ2v) is 9.26. The highest BCUT2D eigenvalue weighted by atomic mass is 35.5. The van der Waals surface area contributed by atoms with Gasteiger partial charge in [0.15, 0.2) is 0 Å². The van der Waals surface area contributed by atoms with Gasteiger partial charge in [0, 0.05) is 44.9 Å². The van der Waals surface area contributed by atoms with E-state index in [1.54, 1.807) is 12.1 Å². The summed E-state index contributed by atoms with van der Waals surface area (Å²) in [5, 5.41) is 9.82. The first-order chi connectivity index (χ1) is 16.7. The molecular weight excluding hydrogens is 458 g/mol. The monoisotopic (exact) mass is 485 g/mol. The Labute approximate surface area is 210 Å². The lowest BCUT2D eigenvalue weighted by molar-refractivity contribution is -0.113. The van der Waals surface area contributed by atoms with E-state index in [2.05, 4.69) is 16.0 Å². The molecule has 0 unspecified atom stereocenters. The van der Waals surface area contributed by atoms with Gasteiger partial charge in [0.05, 0.1) is 0 Å². The van der Waals surface area contributed by atoms with Crippen molar-refractivity contribution in [3.63, 3.8) is 0 Å². The lowest BCUT2D eigenvalue weighted by Crippen LogP contribution is -2.35. The first-order valence-corrected chi connectivity index (χ1v) is 11.8. The number of rotatable bonds is 5. The van der Waals surface area contributed by atoms with Gasteiger partial charge in [0.25, 0.3) is 11.8 Å². The molecule has 1 aliphatic rings. The molecule has 1 aliphatic heterocycles. The molecule has 5 nitrogen and oxygen atoms in total. The predicted molar refractivity (Wildman–Crippen MR) is 142 cm³/mol. The summed E-state index contributed by atoms with van der Waals surface area (Å²) in [6.45, 7) is 7.69. The quantitative estimate of drug-likeness (QED) is 0.388. The number of dihydropyridines is 1. The van der Waals surface area contributed by atoms with Gasteiger partial charge in [-0.1, -0.05) is 59.1 Å². The number of anilines is 2. The Hall–Kier alpha value is -3.83. The third-order valence-electron chi connectivity index (χ3n) is 6.07. The van der Waals surface area contributed by atoms with Crippen molar-refractivity contribution in [1.29, 1.82) is 0 Å². The van der Waals surface area contributed by atoms with Crippen LogP contribution in [0.25, 0.3) is 0 Å². The summed E-state index contributed by atoms with van der Waals surface area (Å²) in [4.78, 5) is 27.2. The standard InChI is InChI=1S/C29H28ClN3O2/c1-17-5-13-23(14-6-17)32-28(34)25-19(3)31-20(4)26(27(25)21-9-11-22(30)12-10-21)29(35)33-24-15-7-18(2)8-16-24/h5-16,27,31H,1-4H3,(H,32,34)(H,33,35). The van der Waals surface area contributed by atoms with Crippen LogP contribution in [0.5, 0.6) is 0 Å². The number of carbonyl (C=O) groups excluding carboxylic acids is 2. The minimum absolute atomic E-state index is 0.271. The lowest BCUT2D eigenvalue weighted by Gasteiger charge is -2.31. The lowest BCUT2D eigenvalue weighted by atomic mass is 9.79. The SMILES string of the molecule is CC1=C(C(=O)Nc2ccc(C)cc2)C(c2ccc(Cl)cc2)C(C(=O)Nc2ccc(C)cc2)=C(C)N1. The molecule has 3 aromatic rings. The van der Waals surface area contributed by atoms with E-state index in [1.165, 1.54) is 0 Å².